The summed E-state index contributed by atoms with van der Waals surface area (Å²) >= 11 is 0. The topological polar surface area (TPSA) is 72.9 Å². The Bertz CT molecular complexity index is 343. The Balaban J connectivity index is 2.61. The smallest absolute Gasteiger partial charge is 0.224 e. The van der Waals surface area contributed by atoms with Crippen LogP contribution in [0.2, 0.25) is 0 Å². The highest BCUT2D eigenvalue weighted by Crippen LogP contribution is 2.15. The molecule has 0 atom stereocenters. The highest BCUT2D eigenvalue weighted by atomic mass is 16.1. The average molecular weight is 210 g/mol. The van der Waals surface area contributed by atoms with Crippen LogP contribution in [0.15, 0.2) is 12.4 Å². The van der Waals surface area contributed by atoms with E-state index in [0.29, 0.717) is 6.54 Å². The van der Waals surface area contributed by atoms with Gasteiger partial charge in [-0.15, -0.1) is 0 Å². The van der Waals surface area contributed by atoms with E-state index in [4.69, 9.17) is 5.73 Å². The number of aryl methyl sites for hydroxylation is 1. The van der Waals surface area contributed by atoms with Crippen LogP contribution in [0.3, 0.4) is 0 Å². The highest BCUT2D eigenvalue weighted by molar-refractivity contribution is 5.80. The summed E-state index contributed by atoms with van der Waals surface area (Å²) in [6.45, 7) is 6.98. The zero-order valence-corrected chi connectivity index (χ0v) is 9.45. The fourth-order valence-corrected chi connectivity index (χ4v) is 1.12. The molecule has 3 N–H and O–H groups in total. The summed E-state index contributed by atoms with van der Waals surface area (Å²) < 4.78 is 1.97. The van der Waals surface area contributed by atoms with Crippen molar-refractivity contribution >= 4 is 11.9 Å². The van der Waals surface area contributed by atoms with Gasteiger partial charge in [-0.2, -0.15) is 0 Å². The van der Waals surface area contributed by atoms with Crippen molar-refractivity contribution in [2.75, 3.05) is 11.9 Å². The Morgan fingerprint density at radius 1 is 1.67 bits per heavy atom. The molecule has 0 radical (unpaired) electrons. The third kappa shape index (κ3) is 2.71. The lowest BCUT2D eigenvalue weighted by molar-refractivity contribution is -0.125. The van der Waals surface area contributed by atoms with Gasteiger partial charge in [-0.25, -0.2) is 4.98 Å². The molecule has 0 saturated carbocycles. The number of primary amides is 1. The number of hydrogen-bond donors (Lipinski definition) is 2. The summed E-state index contributed by atoms with van der Waals surface area (Å²) in [6.07, 6.45) is 3.61. The second-order valence-electron chi connectivity index (χ2n) is 4.14. The molecule has 1 aromatic heterocycles. The summed E-state index contributed by atoms with van der Waals surface area (Å²) in [5.41, 5.74) is 4.71. The summed E-state index contributed by atoms with van der Waals surface area (Å²) in [6, 6.07) is 0. The molecule has 5 heteroatoms. The van der Waals surface area contributed by atoms with Gasteiger partial charge in [0.2, 0.25) is 11.9 Å². The summed E-state index contributed by atoms with van der Waals surface area (Å²) in [4.78, 5) is 15.2. The molecular formula is C10H18N4O. The second-order valence-corrected chi connectivity index (χ2v) is 4.14. The van der Waals surface area contributed by atoms with E-state index in [9.17, 15) is 4.79 Å². The number of anilines is 1. The molecule has 1 amide bonds. The lowest BCUT2D eigenvalue weighted by Crippen LogP contribution is -2.37. The summed E-state index contributed by atoms with van der Waals surface area (Å²) in [5.74, 6) is 0.455. The molecule has 0 aliphatic rings. The van der Waals surface area contributed by atoms with Crippen molar-refractivity contribution in [3.63, 3.8) is 0 Å². The fraction of sp³-hybridized carbons (Fsp3) is 0.600. The first kappa shape index (κ1) is 11.6. The zero-order valence-electron chi connectivity index (χ0n) is 9.45. The van der Waals surface area contributed by atoms with Crippen LogP contribution in [0.25, 0.3) is 0 Å². The first-order valence-corrected chi connectivity index (χ1v) is 5.02. The molecule has 1 aromatic rings. The van der Waals surface area contributed by atoms with E-state index < -0.39 is 5.41 Å². The second kappa shape index (κ2) is 4.33. The Morgan fingerprint density at radius 3 is 2.87 bits per heavy atom. The van der Waals surface area contributed by atoms with Crippen molar-refractivity contribution in [1.82, 2.24) is 9.55 Å². The monoisotopic (exact) mass is 210 g/mol. The van der Waals surface area contributed by atoms with Crippen molar-refractivity contribution in [2.45, 2.75) is 27.3 Å². The van der Waals surface area contributed by atoms with E-state index in [1.54, 1.807) is 6.20 Å². The normalized spacial score (nSPS) is 11.4. The SMILES string of the molecule is CCn1ccnc1NCC(C)(C)C(N)=O. The first-order valence-electron chi connectivity index (χ1n) is 5.02. The van der Waals surface area contributed by atoms with Crippen molar-refractivity contribution in [1.29, 1.82) is 0 Å². The van der Waals surface area contributed by atoms with Crippen LogP contribution in [-0.2, 0) is 11.3 Å². The van der Waals surface area contributed by atoms with Crippen molar-refractivity contribution in [2.24, 2.45) is 11.1 Å². The predicted octanol–water partition coefficient (Wildman–Crippen LogP) is 0.826. The van der Waals surface area contributed by atoms with E-state index >= 15 is 0 Å². The van der Waals surface area contributed by atoms with Gasteiger partial charge in [0, 0.05) is 25.5 Å². The minimum Gasteiger partial charge on any atom is -0.369 e. The molecule has 0 unspecified atom stereocenters. The minimum atomic E-state index is -0.565. The van der Waals surface area contributed by atoms with Gasteiger partial charge in [0.25, 0.3) is 0 Å². The van der Waals surface area contributed by atoms with Crippen LogP contribution in [-0.4, -0.2) is 22.0 Å². The highest BCUT2D eigenvalue weighted by Gasteiger charge is 2.24. The molecule has 0 aliphatic carbocycles. The number of carbonyl (C=O) groups is 1. The average Bonchev–Trinajstić information content (AvgIpc) is 2.61. The molecule has 0 saturated heterocycles. The summed E-state index contributed by atoms with van der Waals surface area (Å²) in [5, 5.41) is 3.12. The third-order valence-electron chi connectivity index (χ3n) is 2.41. The van der Waals surface area contributed by atoms with Crippen LogP contribution >= 0.6 is 0 Å². The van der Waals surface area contributed by atoms with Gasteiger partial charge < -0.3 is 15.6 Å². The first-order chi connectivity index (χ1) is 6.97. The van der Waals surface area contributed by atoms with Crippen LogP contribution in [0.5, 0.6) is 0 Å². The van der Waals surface area contributed by atoms with E-state index in [1.807, 2.05) is 31.5 Å². The maximum absolute atomic E-state index is 11.1. The minimum absolute atomic E-state index is 0.315. The Labute approximate surface area is 89.7 Å². The lowest BCUT2D eigenvalue weighted by atomic mass is 9.93. The molecule has 0 fully saturated rings. The van der Waals surface area contributed by atoms with E-state index in [2.05, 4.69) is 10.3 Å². The van der Waals surface area contributed by atoms with Gasteiger partial charge in [-0.1, -0.05) is 0 Å². The van der Waals surface area contributed by atoms with Gasteiger partial charge in [0.05, 0.1) is 5.41 Å². The molecule has 0 bridgehead atoms. The molecular weight excluding hydrogens is 192 g/mol. The number of carbonyl (C=O) groups excluding carboxylic acids is 1. The molecule has 84 valence electrons. The van der Waals surface area contributed by atoms with Crippen molar-refractivity contribution in [3.8, 4) is 0 Å². The van der Waals surface area contributed by atoms with Gasteiger partial charge >= 0.3 is 0 Å². The zero-order chi connectivity index (χ0) is 11.5. The molecule has 1 heterocycles. The Hall–Kier alpha value is -1.52. The molecule has 0 spiro atoms. The molecule has 0 aromatic carbocycles. The molecule has 0 aliphatic heterocycles. The van der Waals surface area contributed by atoms with E-state index in [0.717, 1.165) is 12.5 Å². The number of amides is 1. The maximum Gasteiger partial charge on any atom is 0.224 e. The fourth-order valence-electron chi connectivity index (χ4n) is 1.12. The van der Waals surface area contributed by atoms with E-state index in [1.165, 1.54) is 0 Å². The van der Waals surface area contributed by atoms with Gasteiger partial charge in [0.1, 0.15) is 0 Å². The number of nitrogens with one attached hydrogen (secondary N) is 1. The van der Waals surface area contributed by atoms with Crippen molar-refractivity contribution < 1.29 is 4.79 Å². The van der Waals surface area contributed by atoms with Crippen LogP contribution in [0, 0.1) is 5.41 Å². The third-order valence-corrected chi connectivity index (χ3v) is 2.41. The predicted molar refractivity (Wildman–Crippen MR) is 59.4 cm³/mol. The number of hydrogen-bond acceptors (Lipinski definition) is 3. The number of nitrogens with zero attached hydrogens (tertiary/aromatic N) is 2. The van der Waals surface area contributed by atoms with E-state index in [-0.39, 0.29) is 5.91 Å². The molecule has 1 rings (SSSR count). The van der Waals surface area contributed by atoms with Crippen LogP contribution in [0.1, 0.15) is 20.8 Å². The van der Waals surface area contributed by atoms with Gasteiger partial charge in [-0.3, -0.25) is 4.79 Å². The number of imidazole rings is 1. The number of aromatic nitrogens is 2. The summed E-state index contributed by atoms with van der Waals surface area (Å²) in [7, 11) is 0. The van der Waals surface area contributed by atoms with Crippen LogP contribution < -0.4 is 11.1 Å². The number of rotatable bonds is 5. The maximum atomic E-state index is 11.1. The Kier molecular flexibility index (Phi) is 3.34. The quantitative estimate of drug-likeness (QED) is 0.756. The largest absolute Gasteiger partial charge is 0.369 e. The molecule has 15 heavy (non-hydrogen) atoms. The standard InChI is InChI=1S/C10H18N4O/c1-4-14-6-5-12-9(14)13-7-10(2,3)8(11)15/h5-6H,4,7H2,1-3H3,(H2,11,15)(H,12,13). The van der Waals surface area contributed by atoms with Gasteiger partial charge in [-0.05, 0) is 20.8 Å². The number of nitrogens with two attached hydrogens (primary N) is 1. The van der Waals surface area contributed by atoms with Crippen molar-refractivity contribution in [3.05, 3.63) is 12.4 Å². The lowest BCUT2D eigenvalue weighted by Gasteiger charge is -2.21. The molecule has 5 nitrogen and oxygen atoms in total. The van der Waals surface area contributed by atoms with Gasteiger partial charge in [0.15, 0.2) is 0 Å². The Morgan fingerprint density at radius 2 is 2.33 bits per heavy atom. The van der Waals surface area contributed by atoms with Crippen LogP contribution in [0.4, 0.5) is 5.95 Å².